The summed E-state index contributed by atoms with van der Waals surface area (Å²) >= 11 is 0. The van der Waals surface area contributed by atoms with Gasteiger partial charge < -0.3 is 14.7 Å². The van der Waals surface area contributed by atoms with E-state index in [2.05, 4.69) is 9.80 Å². The Kier molecular flexibility index (Phi) is 7.14. The second kappa shape index (κ2) is 10.4. The van der Waals surface area contributed by atoms with Gasteiger partial charge in [-0.15, -0.1) is 0 Å². The zero-order valence-electron chi connectivity index (χ0n) is 17.9. The van der Waals surface area contributed by atoms with Gasteiger partial charge in [0.05, 0.1) is 0 Å². The molecule has 1 fully saturated rings. The molecule has 6 heteroatoms. The SMILES string of the molecule is O=C(c1ccccc1)c1ccc(OC[C@@H](O)CN2CCN(c3ccc(F)cc3)CC2)cc1. The van der Waals surface area contributed by atoms with Gasteiger partial charge in [0.25, 0.3) is 0 Å². The first-order valence-corrected chi connectivity index (χ1v) is 10.8. The van der Waals surface area contributed by atoms with Crippen molar-refractivity contribution in [1.82, 2.24) is 4.90 Å². The van der Waals surface area contributed by atoms with E-state index in [4.69, 9.17) is 4.74 Å². The summed E-state index contributed by atoms with van der Waals surface area (Å²) in [6, 6.07) is 22.7. The van der Waals surface area contributed by atoms with E-state index in [1.165, 1.54) is 12.1 Å². The molecule has 0 aromatic heterocycles. The second-order valence-electron chi connectivity index (χ2n) is 7.95. The van der Waals surface area contributed by atoms with Crippen molar-refractivity contribution in [2.75, 3.05) is 44.2 Å². The van der Waals surface area contributed by atoms with Crippen LogP contribution in [0, 0.1) is 5.82 Å². The fourth-order valence-electron chi connectivity index (χ4n) is 3.84. The van der Waals surface area contributed by atoms with E-state index in [-0.39, 0.29) is 18.2 Å². The number of carbonyl (C=O) groups excluding carboxylic acids is 1. The fourth-order valence-corrected chi connectivity index (χ4v) is 3.84. The number of aliphatic hydroxyl groups excluding tert-OH is 1. The summed E-state index contributed by atoms with van der Waals surface area (Å²) in [5.41, 5.74) is 2.27. The largest absolute Gasteiger partial charge is 0.491 e. The van der Waals surface area contributed by atoms with Crippen LogP contribution in [0.5, 0.6) is 5.75 Å². The molecule has 1 aliphatic heterocycles. The summed E-state index contributed by atoms with van der Waals surface area (Å²) in [6.07, 6.45) is -0.613. The number of benzene rings is 3. The van der Waals surface area contributed by atoms with Crippen LogP contribution in [0.15, 0.2) is 78.9 Å². The molecule has 166 valence electrons. The van der Waals surface area contributed by atoms with Crippen LogP contribution in [0.25, 0.3) is 0 Å². The highest BCUT2D eigenvalue weighted by Gasteiger charge is 2.20. The highest BCUT2D eigenvalue weighted by atomic mass is 19.1. The highest BCUT2D eigenvalue weighted by molar-refractivity contribution is 6.08. The molecule has 3 aromatic carbocycles. The molecule has 5 nitrogen and oxygen atoms in total. The highest BCUT2D eigenvalue weighted by Crippen LogP contribution is 2.18. The monoisotopic (exact) mass is 434 g/mol. The third-order valence-corrected chi connectivity index (χ3v) is 5.63. The molecular formula is C26H27FN2O3. The van der Waals surface area contributed by atoms with Crippen LogP contribution in [0.1, 0.15) is 15.9 Å². The predicted octanol–water partition coefficient (Wildman–Crippen LogP) is 3.62. The number of piperazine rings is 1. The molecule has 1 aliphatic rings. The van der Waals surface area contributed by atoms with Crippen LogP contribution in [-0.2, 0) is 0 Å². The van der Waals surface area contributed by atoms with Crippen LogP contribution >= 0.6 is 0 Å². The van der Waals surface area contributed by atoms with Crippen molar-refractivity contribution >= 4 is 11.5 Å². The first kappa shape index (κ1) is 22.0. The van der Waals surface area contributed by atoms with Gasteiger partial charge in [-0.3, -0.25) is 9.69 Å². The molecule has 3 aromatic rings. The maximum absolute atomic E-state index is 13.1. The Hall–Kier alpha value is -3.22. The molecule has 32 heavy (non-hydrogen) atoms. The van der Waals surface area contributed by atoms with Crippen LogP contribution in [0.2, 0.25) is 0 Å². The van der Waals surface area contributed by atoms with Crippen molar-refractivity contribution < 1.29 is 19.0 Å². The van der Waals surface area contributed by atoms with E-state index in [9.17, 15) is 14.3 Å². The lowest BCUT2D eigenvalue weighted by molar-refractivity contribution is 0.0663. The van der Waals surface area contributed by atoms with E-state index in [0.717, 1.165) is 31.9 Å². The summed E-state index contributed by atoms with van der Waals surface area (Å²) in [6.45, 7) is 4.02. The number of nitrogens with zero attached hydrogens (tertiary/aromatic N) is 2. The van der Waals surface area contributed by atoms with E-state index in [0.29, 0.717) is 23.4 Å². The smallest absolute Gasteiger partial charge is 0.193 e. The zero-order chi connectivity index (χ0) is 22.3. The average molecular weight is 435 g/mol. The zero-order valence-corrected chi connectivity index (χ0v) is 17.9. The Labute approximate surface area is 187 Å². The van der Waals surface area contributed by atoms with Crippen molar-refractivity contribution in [3.05, 3.63) is 95.8 Å². The summed E-state index contributed by atoms with van der Waals surface area (Å²) in [5, 5.41) is 10.4. The van der Waals surface area contributed by atoms with Crippen LogP contribution in [0.4, 0.5) is 10.1 Å². The number of rotatable bonds is 8. The van der Waals surface area contributed by atoms with Crippen molar-refractivity contribution in [3.8, 4) is 5.75 Å². The number of carbonyl (C=O) groups is 1. The molecular weight excluding hydrogens is 407 g/mol. The molecule has 4 rings (SSSR count). The first-order chi connectivity index (χ1) is 15.6. The van der Waals surface area contributed by atoms with E-state index >= 15 is 0 Å². The molecule has 1 N–H and O–H groups in total. The first-order valence-electron chi connectivity index (χ1n) is 10.8. The molecule has 0 radical (unpaired) electrons. The van der Waals surface area contributed by atoms with Gasteiger partial charge in [0.15, 0.2) is 5.78 Å². The molecule has 1 saturated heterocycles. The Bertz CT molecular complexity index is 1000. The van der Waals surface area contributed by atoms with E-state index in [1.54, 1.807) is 48.5 Å². The molecule has 1 atom stereocenters. The van der Waals surface area contributed by atoms with E-state index in [1.807, 2.05) is 18.2 Å². The lowest BCUT2D eigenvalue weighted by atomic mass is 10.0. The maximum atomic E-state index is 13.1. The van der Waals surface area contributed by atoms with E-state index < -0.39 is 6.10 Å². The third-order valence-electron chi connectivity index (χ3n) is 5.63. The van der Waals surface area contributed by atoms with Crippen LogP contribution in [-0.4, -0.2) is 61.2 Å². The van der Waals surface area contributed by atoms with Gasteiger partial charge in [-0.2, -0.15) is 0 Å². The summed E-state index contributed by atoms with van der Waals surface area (Å²) in [4.78, 5) is 16.9. The van der Waals surface area contributed by atoms with Crippen molar-refractivity contribution in [1.29, 1.82) is 0 Å². The standard InChI is InChI=1S/C26H27FN2O3/c27-22-8-10-23(11-9-22)29-16-14-28(15-17-29)18-24(30)19-32-25-12-6-21(7-13-25)26(31)20-4-2-1-3-5-20/h1-13,24,30H,14-19H2/t24-/m0/s1. The molecule has 0 aliphatic carbocycles. The van der Waals surface area contributed by atoms with Gasteiger partial charge >= 0.3 is 0 Å². The molecule has 0 saturated carbocycles. The minimum atomic E-state index is -0.613. The molecule has 0 amide bonds. The average Bonchev–Trinajstić information content (AvgIpc) is 2.84. The maximum Gasteiger partial charge on any atom is 0.193 e. The molecule has 0 bridgehead atoms. The lowest BCUT2D eigenvalue weighted by Crippen LogP contribution is -2.49. The number of hydrogen-bond donors (Lipinski definition) is 1. The van der Waals surface area contributed by atoms with Crippen molar-refractivity contribution in [2.24, 2.45) is 0 Å². The number of hydrogen-bond acceptors (Lipinski definition) is 5. The van der Waals surface area contributed by atoms with Crippen LogP contribution < -0.4 is 9.64 Å². The Morgan fingerprint density at radius 3 is 2.16 bits per heavy atom. The minimum absolute atomic E-state index is 0.0306. The Morgan fingerprint density at radius 1 is 0.875 bits per heavy atom. The normalized spacial score (nSPS) is 15.4. The second-order valence-corrected chi connectivity index (χ2v) is 7.95. The van der Waals surface area contributed by atoms with Gasteiger partial charge in [0, 0.05) is 49.5 Å². The molecule has 0 spiro atoms. The number of aliphatic hydroxyl groups is 1. The number of β-amino-alcohol motifs (C(OH)–C–C–N with tert-alkyl or cyclic N) is 1. The van der Waals surface area contributed by atoms with Gasteiger partial charge in [-0.1, -0.05) is 30.3 Å². The van der Waals surface area contributed by atoms with Crippen molar-refractivity contribution in [2.45, 2.75) is 6.10 Å². The van der Waals surface area contributed by atoms with Gasteiger partial charge in [-0.05, 0) is 48.5 Å². The minimum Gasteiger partial charge on any atom is -0.491 e. The quantitative estimate of drug-likeness (QED) is 0.549. The summed E-state index contributed by atoms with van der Waals surface area (Å²) < 4.78 is 18.8. The number of ketones is 1. The number of anilines is 1. The number of halogens is 1. The topological polar surface area (TPSA) is 53.0 Å². The van der Waals surface area contributed by atoms with Crippen molar-refractivity contribution in [3.63, 3.8) is 0 Å². The summed E-state index contributed by atoms with van der Waals surface area (Å²) in [5.74, 6) is 0.361. The third kappa shape index (κ3) is 5.72. The number of ether oxygens (including phenoxy) is 1. The fraction of sp³-hybridized carbons (Fsp3) is 0.269. The Morgan fingerprint density at radius 2 is 1.50 bits per heavy atom. The lowest BCUT2D eigenvalue weighted by Gasteiger charge is -2.36. The Balaban J connectivity index is 1.21. The molecule has 0 unspecified atom stereocenters. The van der Waals surface area contributed by atoms with Gasteiger partial charge in [-0.25, -0.2) is 4.39 Å². The molecule has 1 heterocycles. The summed E-state index contributed by atoms with van der Waals surface area (Å²) in [7, 11) is 0. The van der Waals surface area contributed by atoms with Gasteiger partial charge in [0.1, 0.15) is 24.3 Å². The predicted molar refractivity (Wildman–Crippen MR) is 123 cm³/mol. The van der Waals surface area contributed by atoms with Gasteiger partial charge in [0.2, 0.25) is 0 Å². The van der Waals surface area contributed by atoms with Crippen LogP contribution in [0.3, 0.4) is 0 Å².